The van der Waals surface area contributed by atoms with Crippen molar-refractivity contribution >= 4 is 21.7 Å². The third kappa shape index (κ3) is 4.10. The molecule has 1 heterocycles. The minimum atomic E-state index is -3.81. The van der Waals surface area contributed by atoms with Crippen LogP contribution in [0.3, 0.4) is 0 Å². The van der Waals surface area contributed by atoms with E-state index in [4.69, 9.17) is 5.11 Å². The number of rotatable bonds is 6. The van der Waals surface area contributed by atoms with Gasteiger partial charge in [0.15, 0.2) is 0 Å². The van der Waals surface area contributed by atoms with Crippen LogP contribution in [0, 0.1) is 0 Å². The molecule has 2 N–H and O–H groups in total. The van der Waals surface area contributed by atoms with Gasteiger partial charge in [0, 0.05) is 32.7 Å². The lowest BCUT2D eigenvalue weighted by molar-refractivity contribution is 0.0696. The molecule has 0 saturated carbocycles. The zero-order valence-electron chi connectivity index (χ0n) is 13.0. The molecule has 2 rings (SSSR count). The third-order valence-electron chi connectivity index (χ3n) is 3.76. The second kappa shape index (κ2) is 7.12. The number of anilines is 1. The van der Waals surface area contributed by atoms with Gasteiger partial charge in [-0.25, -0.2) is 17.9 Å². The monoisotopic (exact) mass is 339 g/mol. The molecule has 0 amide bonds. The zero-order chi connectivity index (χ0) is 17.0. The number of aromatic carboxylic acids is 1. The van der Waals surface area contributed by atoms with Crippen LogP contribution in [0.5, 0.6) is 0 Å². The summed E-state index contributed by atoms with van der Waals surface area (Å²) in [5.74, 6) is -1.16. The summed E-state index contributed by atoms with van der Waals surface area (Å²) in [6.45, 7) is 6.59. The molecule has 1 aromatic rings. The van der Waals surface area contributed by atoms with Crippen LogP contribution in [0.1, 0.15) is 10.4 Å². The first kappa shape index (κ1) is 17.5. The number of carboxylic acids is 1. The minimum Gasteiger partial charge on any atom is -0.478 e. The highest BCUT2D eigenvalue weighted by molar-refractivity contribution is 7.89. The van der Waals surface area contributed by atoms with Crippen molar-refractivity contribution in [2.45, 2.75) is 4.90 Å². The van der Waals surface area contributed by atoms with Gasteiger partial charge in [0.05, 0.1) is 11.3 Å². The Balaban J connectivity index is 2.45. The Hall–Kier alpha value is -1.90. The Kier molecular flexibility index (Phi) is 5.40. The van der Waals surface area contributed by atoms with Gasteiger partial charge in [-0.05, 0) is 25.2 Å². The highest BCUT2D eigenvalue weighted by Crippen LogP contribution is 2.27. The summed E-state index contributed by atoms with van der Waals surface area (Å²) in [7, 11) is -1.80. The fourth-order valence-electron chi connectivity index (χ4n) is 2.42. The normalized spacial score (nSPS) is 16.3. The Bertz CT molecular complexity index is 695. The molecule has 23 heavy (non-hydrogen) atoms. The van der Waals surface area contributed by atoms with E-state index in [-0.39, 0.29) is 17.0 Å². The van der Waals surface area contributed by atoms with E-state index in [1.54, 1.807) is 6.07 Å². The van der Waals surface area contributed by atoms with Crippen LogP contribution in [0.15, 0.2) is 35.7 Å². The predicted octanol–water partition coefficient (Wildman–Crippen LogP) is 0.601. The molecule has 1 aliphatic heterocycles. The lowest BCUT2D eigenvalue weighted by atomic mass is 10.2. The summed E-state index contributed by atoms with van der Waals surface area (Å²) < 4.78 is 27.4. The smallest absolute Gasteiger partial charge is 0.335 e. The van der Waals surface area contributed by atoms with Crippen molar-refractivity contribution in [3.05, 3.63) is 36.4 Å². The molecule has 8 heteroatoms. The Morgan fingerprint density at radius 3 is 2.57 bits per heavy atom. The fourth-order valence-corrected chi connectivity index (χ4v) is 3.66. The first-order valence-electron chi connectivity index (χ1n) is 7.26. The summed E-state index contributed by atoms with van der Waals surface area (Å²) in [6, 6.07) is 4.21. The average Bonchev–Trinajstić information content (AvgIpc) is 2.53. The number of hydrogen-bond donors (Lipinski definition) is 2. The Labute approximate surface area is 136 Å². The molecule has 0 atom stereocenters. The van der Waals surface area contributed by atoms with Crippen molar-refractivity contribution in [2.24, 2.45) is 0 Å². The van der Waals surface area contributed by atoms with Crippen molar-refractivity contribution in [3.63, 3.8) is 0 Å². The first-order valence-corrected chi connectivity index (χ1v) is 8.75. The van der Waals surface area contributed by atoms with Crippen LogP contribution >= 0.6 is 0 Å². The summed E-state index contributed by atoms with van der Waals surface area (Å²) in [4.78, 5) is 15.3. The molecule has 1 aliphatic rings. The molecule has 1 aromatic carbocycles. The van der Waals surface area contributed by atoms with Gasteiger partial charge in [-0.1, -0.05) is 6.08 Å². The number of carbonyl (C=O) groups is 1. The van der Waals surface area contributed by atoms with E-state index in [1.165, 1.54) is 18.2 Å². The maximum atomic E-state index is 12.5. The van der Waals surface area contributed by atoms with Gasteiger partial charge in [0.1, 0.15) is 4.90 Å². The van der Waals surface area contributed by atoms with Crippen LogP contribution < -0.4 is 9.62 Å². The van der Waals surface area contributed by atoms with Gasteiger partial charge in [-0.2, -0.15) is 0 Å². The third-order valence-corrected chi connectivity index (χ3v) is 5.21. The summed E-state index contributed by atoms with van der Waals surface area (Å²) in [5, 5.41) is 9.14. The number of nitrogens with zero attached hydrogens (tertiary/aromatic N) is 2. The highest BCUT2D eigenvalue weighted by atomic mass is 32.2. The van der Waals surface area contributed by atoms with Crippen LogP contribution in [0.2, 0.25) is 0 Å². The van der Waals surface area contributed by atoms with Crippen LogP contribution in [0.4, 0.5) is 5.69 Å². The van der Waals surface area contributed by atoms with Gasteiger partial charge in [-0.15, -0.1) is 6.58 Å². The first-order chi connectivity index (χ1) is 10.8. The van der Waals surface area contributed by atoms with Gasteiger partial charge in [0.25, 0.3) is 0 Å². The molecule has 7 nitrogen and oxygen atoms in total. The van der Waals surface area contributed by atoms with E-state index in [1.807, 2.05) is 11.9 Å². The van der Waals surface area contributed by atoms with Crippen LogP contribution in [0.25, 0.3) is 0 Å². The number of hydrogen-bond acceptors (Lipinski definition) is 5. The summed E-state index contributed by atoms with van der Waals surface area (Å²) in [5.41, 5.74) is 0.474. The SMILES string of the molecule is C=CCNS(=O)(=O)c1cc(C(=O)O)ccc1N1CCN(C)CC1. The Morgan fingerprint density at radius 2 is 2.00 bits per heavy atom. The van der Waals surface area contributed by atoms with Crippen molar-refractivity contribution in [1.82, 2.24) is 9.62 Å². The molecular formula is C15H21N3O4S. The molecule has 0 aromatic heterocycles. The predicted molar refractivity (Wildman–Crippen MR) is 88.5 cm³/mol. The van der Waals surface area contributed by atoms with E-state index in [2.05, 4.69) is 16.2 Å². The van der Waals surface area contributed by atoms with E-state index in [0.717, 1.165) is 13.1 Å². The lowest BCUT2D eigenvalue weighted by Gasteiger charge is -2.35. The van der Waals surface area contributed by atoms with Crippen molar-refractivity contribution in [2.75, 3.05) is 44.7 Å². The molecule has 0 radical (unpaired) electrons. The zero-order valence-corrected chi connectivity index (χ0v) is 13.8. The molecule has 126 valence electrons. The molecule has 0 unspecified atom stereocenters. The van der Waals surface area contributed by atoms with Gasteiger partial charge < -0.3 is 14.9 Å². The number of sulfonamides is 1. The minimum absolute atomic E-state index is 0.0104. The van der Waals surface area contributed by atoms with Crippen molar-refractivity contribution < 1.29 is 18.3 Å². The second-order valence-corrected chi connectivity index (χ2v) is 7.15. The van der Waals surface area contributed by atoms with Crippen LogP contribution in [-0.4, -0.2) is 64.2 Å². The molecule has 0 spiro atoms. The van der Waals surface area contributed by atoms with Crippen molar-refractivity contribution in [3.8, 4) is 0 Å². The van der Waals surface area contributed by atoms with Crippen LogP contribution in [-0.2, 0) is 10.0 Å². The standard InChI is InChI=1S/C15H21N3O4S/c1-3-6-16-23(21,22)14-11-12(15(19)20)4-5-13(14)18-9-7-17(2)8-10-18/h3-5,11,16H,1,6-10H2,2H3,(H,19,20). The molecule has 0 bridgehead atoms. The fraction of sp³-hybridized carbons (Fsp3) is 0.400. The maximum absolute atomic E-state index is 12.5. The number of benzene rings is 1. The second-order valence-electron chi connectivity index (χ2n) is 5.42. The quantitative estimate of drug-likeness (QED) is 0.738. The number of nitrogens with one attached hydrogen (secondary N) is 1. The lowest BCUT2D eigenvalue weighted by Crippen LogP contribution is -2.45. The van der Waals surface area contributed by atoms with E-state index in [9.17, 15) is 13.2 Å². The Morgan fingerprint density at radius 1 is 1.35 bits per heavy atom. The number of carboxylic acid groups (broad SMARTS) is 1. The summed E-state index contributed by atoms with van der Waals surface area (Å²) >= 11 is 0. The number of likely N-dealkylation sites (N-methyl/N-ethyl adjacent to an activating group) is 1. The largest absolute Gasteiger partial charge is 0.478 e. The molecular weight excluding hydrogens is 318 g/mol. The molecule has 0 aliphatic carbocycles. The maximum Gasteiger partial charge on any atom is 0.335 e. The van der Waals surface area contributed by atoms with E-state index >= 15 is 0 Å². The number of piperazine rings is 1. The highest BCUT2D eigenvalue weighted by Gasteiger charge is 2.25. The topological polar surface area (TPSA) is 89.9 Å². The van der Waals surface area contributed by atoms with Crippen molar-refractivity contribution in [1.29, 1.82) is 0 Å². The summed E-state index contributed by atoms with van der Waals surface area (Å²) in [6.07, 6.45) is 1.44. The van der Waals surface area contributed by atoms with Gasteiger partial charge in [0.2, 0.25) is 10.0 Å². The van der Waals surface area contributed by atoms with E-state index in [0.29, 0.717) is 18.8 Å². The average molecular weight is 339 g/mol. The van der Waals surface area contributed by atoms with Gasteiger partial charge >= 0.3 is 5.97 Å². The molecule has 1 saturated heterocycles. The molecule has 1 fully saturated rings. The van der Waals surface area contributed by atoms with E-state index < -0.39 is 16.0 Å². The van der Waals surface area contributed by atoms with Gasteiger partial charge in [-0.3, -0.25) is 0 Å².